The van der Waals surface area contributed by atoms with Crippen molar-refractivity contribution in [3.8, 4) is 23.0 Å². The summed E-state index contributed by atoms with van der Waals surface area (Å²) < 4.78 is 5.55. The Balaban J connectivity index is 1.65. The van der Waals surface area contributed by atoms with Crippen molar-refractivity contribution in [3.63, 3.8) is 0 Å². The lowest BCUT2D eigenvalue weighted by atomic mass is 9.82. The topological polar surface area (TPSA) is 105 Å². The molecule has 1 atom stereocenters. The van der Waals surface area contributed by atoms with Crippen LogP contribution < -0.4 is 10.6 Å². The molecular formula is C28H32N2O5. The van der Waals surface area contributed by atoms with E-state index in [-0.39, 0.29) is 25.5 Å². The molecule has 1 aliphatic carbocycles. The van der Waals surface area contributed by atoms with Crippen LogP contribution in [0.25, 0.3) is 11.1 Å². The number of carbonyl (C=O) groups excluding carboxylic acids is 2. The van der Waals surface area contributed by atoms with E-state index in [1.54, 1.807) is 20.8 Å². The SMILES string of the molecule is CC#CCC(NC(=O)OCC1c2ccccc2-c2ccccc21)C(=O)NCC(CC)(CC)C(=O)O. The van der Waals surface area contributed by atoms with E-state index in [0.717, 1.165) is 22.3 Å². The molecule has 1 aliphatic rings. The van der Waals surface area contributed by atoms with Gasteiger partial charge in [0.2, 0.25) is 5.91 Å². The number of alkyl carbamates (subject to hydrolysis) is 1. The van der Waals surface area contributed by atoms with Crippen molar-refractivity contribution >= 4 is 18.0 Å². The van der Waals surface area contributed by atoms with Crippen molar-refractivity contribution in [2.45, 2.75) is 52.0 Å². The van der Waals surface area contributed by atoms with Crippen molar-refractivity contribution in [2.24, 2.45) is 5.41 Å². The summed E-state index contributed by atoms with van der Waals surface area (Å²) >= 11 is 0. The van der Waals surface area contributed by atoms with Crippen LogP contribution >= 0.6 is 0 Å². The lowest BCUT2D eigenvalue weighted by molar-refractivity contribution is -0.149. The average molecular weight is 477 g/mol. The molecule has 2 aromatic carbocycles. The number of fused-ring (bicyclic) bond motifs is 3. The largest absolute Gasteiger partial charge is 0.481 e. The van der Waals surface area contributed by atoms with Crippen LogP contribution in [0, 0.1) is 17.3 Å². The Morgan fingerprint density at radius 1 is 1.03 bits per heavy atom. The highest BCUT2D eigenvalue weighted by Gasteiger charge is 2.36. The van der Waals surface area contributed by atoms with Crippen molar-refractivity contribution in [1.82, 2.24) is 10.6 Å². The van der Waals surface area contributed by atoms with E-state index in [1.807, 2.05) is 36.4 Å². The molecule has 3 rings (SSSR count). The van der Waals surface area contributed by atoms with E-state index in [4.69, 9.17) is 4.74 Å². The van der Waals surface area contributed by atoms with Gasteiger partial charge >= 0.3 is 12.1 Å². The second-order valence-corrected chi connectivity index (χ2v) is 8.66. The van der Waals surface area contributed by atoms with E-state index in [9.17, 15) is 19.5 Å². The minimum absolute atomic E-state index is 0.0312. The van der Waals surface area contributed by atoms with E-state index in [0.29, 0.717) is 12.8 Å². The molecule has 0 radical (unpaired) electrons. The Labute approximate surface area is 206 Å². The summed E-state index contributed by atoms with van der Waals surface area (Å²) in [6.45, 7) is 5.29. The van der Waals surface area contributed by atoms with Crippen LogP contribution in [0.3, 0.4) is 0 Å². The molecular weight excluding hydrogens is 444 g/mol. The van der Waals surface area contributed by atoms with Gasteiger partial charge < -0.3 is 20.5 Å². The molecule has 0 saturated heterocycles. The summed E-state index contributed by atoms with van der Waals surface area (Å²) in [4.78, 5) is 37.2. The molecule has 184 valence electrons. The van der Waals surface area contributed by atoms with E-state index < -0.39 is 29.4 Å². The molecule has 0 aromatic heterocycles. The van der Waals surface area contributed by atoms with Gasteiger partial charge in [0.25, 0.3) is 0 Å². The third-order valence-electron chi connectivity index (χ3n) is 6.84. The second-order valence-electron chi connectivity index (χ2n) is 8.66. The fourth-order valence-corrected chi connectivity index (χ4v) is 4.45. The summed E-state index contributed by atoms with van der Waals surface area (Å²) in [7, 11) is 0. The molecule has 0 bridgehead atoms. The molecule has 1 unspecified atom stereocenters. The van der Waals surface area contributed by atoms with Crippen molar-refractivity contribution < 1.29 is 24.2 Å². The first-order chi connectivity index (χ1) is 16.9. The summed E-state index contributed by atoms with van der Waals surface area (Å²) in [5, 5.41) is 14.9. The van der Waals surface area contributed by atoms with Gasteiger partial charge in [0.15, 0.2) is 0 Å². The molecule has 0 spiro atoms. The molecule has 7 nitrogen and oxygen atoms in total. The summed E-state index contributed by atoms with van der Waals surface area (Å²) in [5.41, 5.74) is 3.39. The molecule has 35 heavy (non-hydrogen) atoms. The summed E-state index contributed by atoms with van der Waals surface area (Å²) in [5.74, 6) is 3.98. The van der Waals surface area contributed by atoms with E-state index in [2.05, 4.69) is 34.6 Å². The predicted octanol–water partition coefficient (Wildman–Crippen LogP) is 4.31. The zero-order valence-corrected chi connectivity index (χ0v) is 20.4. The van der Waals surface area contributed by atoms with E-state index in [1.165, 1.54) is 0 Å². The maximum atomic E-state index is 12.8. The molecule has 0 fully saturated rings. The number of carboxylic acid groups (broad SMARTS) is 1. The van der Waals surface area contributed by atoms with Gasteiger partial charge in [-0.15, -0.1) is 11.8 Å². The Bertz CT molecular complexity index is 1100. The number of ether oxygens (including phenoxy) is 1. The first-order valence-electron chi connectivity index (χ1n) is 11.9. The number of benzene rings is 2. The highest BCUT2D eigenvalue weighted by atomic mass is 16.5. The van der Waals surface area contributed by atoms with Crippen LogP contribution in [0.4, 0.5) is 4.79 Å². The van der Waals surface area contributed by atoms with Gasteiger partial charge in [0.05, 0.1) is 5.41 Å². The first-order valence-corrected chi connectivity index (χ1v) is 11.9. The van der Waals surface area contributed by atoms with Gasteiger partial charge in [-0.05, 0) is 42.0 Å². The standard InChI is InChI=1S/C28H32N2O5/c1-4-7-16-24(25(31)29-18-28(5-2,6-3)26(32)33)30-27(34)35-17-23-21-14-10-8-12-19(21)20-13-9-11-15-22(20)23/h8-15,23-24H,5-6,16-18H2,1-3H3,(H,29,31)(H,30,34)(H,32,33). The molecule has 0 saturated carbocycles. The Morgan fingerprint density at radius 2 is 1.60 bits per heavy atom. The Kier molecular flexibility index (Phi) is 8.53. The molecule has 2 aromatic rings. The maximum absolute atomic E-state index is 12.8. The number of hydrogen-bond donors (Lipinski definition) is 3. The van der Waals surface area contributed by atoms with Crippen LogP contribution in [0.1, 0.15) is 57.1 Å². The molecule has 7 heteroatoms. The minimum Gasteiger partial charge on any atom is -0.481 e. The second kappa shape index (κ2) is 11.6. The Morgan fingerprint density at radius 3 is 2.11 bits per heavy atom. The number of carbonyl (C=O) groups is 3. The maximum Gasteiger partial charge on any atom is 0.407 e. The highest BCUT2D eigenvalue weighted by Crippen LogP contribution is 2.44. The predicted molar refractivity (Wildman–Crippen MR) is 134 cm³/mol. The van der Waals surface area contributed by atoms with Crippen LogP contribution in [-0.2, 0) is 14.3 Å². The normalized spacial score (nSPS) is 13.0. The van der Waals surface area contributed by atoms with Crippen LogP contribution in [0.5, 0.6) is 0 Å². The Hall–Kier alpha value is -3.79. The zero-order chi connectivity index (χ0) is 25.4. The van der Waals surface area contributed by atoms with Crippen LogP contribution in [0.2, 0.25) is 0 Å². The van der Waals surface area contributed by atoms with Gasteiger partial charge in [-0.1, -0.05) is 62.4 Å². The zero-order valence-electron chi connectivity index (χ0n) is 20.4. The van der Waals surface area contributed by atoms with Crippen molar-refractivity contribution in [3.05, 3.63) is 59.7 Å². The van der Waals surface area contributed by atoms with Crippen LogP contribution in [-0.4, -0.2) is 42.3 Å². The summed E-state index contributed by atoms with van der Waals surface area (Å²) in [6, 6.07) is 15.1. The number of amides is 2. The lowest BCUT2D eigenvalue weighted by Gasteiger charge is -2.28. The van der Waals surface area contributed by atoms with Crippen LogP contribution in [0.15, 0.2) is 48.5 Å². The number of hydrogen-bond acceptors (Lipinski definition) is 4. The van der Waals surface area contributed by atoms with Gasteiger partial charge in [-0.25, -0.2) is 4.79 Å². The highest BCUT2D eigenvalue weighted by molar-refractivity contribution is 5.87. The molecule has 0 aliphatic heterocycles. The summed E-state index contributed by atoms with van der Waals surface area (Å²) in [6.07, 6.45) is 0.113. The lowest BCUT2D eigenvalue weighted by Crippen LogP contribution is -2.50. The number of carboxylic acids is 1. The average Bonchev–Trinajstić information content (AvgIpc) is 3.19. The fourth-order valence-electron chi connectivity index (χ4n) is 4.45. The van der Waals surface area contributed by atoms with Gasteiger partial charge in [0.1, 0.15) is 12.6 Å². The number of rotatable bonds is 10. The number of nitrogens with one attached hydrogen (secondary N) is 2. The van der Waals surface area contributed by atoms with Gasteiger partial charge in [0, 0.05) is 18.9 Å². The first kappa shape index (κ1) is 25.8. The van der Waals surface area contributed by atoms with Gasteiger partial charge in [-0.3, -0.25) is 9.59 Å². The third kappa shape index (κ3) is 5.65. The monoisotopic (exact) mass is 476 g/mol. The fraction of sp³-hybridized carbons (Fsp3) is 0.393. The molecule has 0 heterocycles. The van der Waals surface area contributed by atoms with E-state index >= 15 is 0 Å². The van der Waals surface area contributed by atoms with Gasteiger partial charge in [-0.2, -0.15) is 0 Å². The molecule has 3 N–H and O–H groups in total. The molecule has 2 amide bonds. The quantitative estimate of drug-likeness (QED) is 0.443. The van der Waals surface area contributed by atoms with Crippen molar-refractivity contribution in [1.29, 1.82) is 0 Å². The third-order valence-corrected chi connectivity index (χ3v) is 6.84. The smallest absolute Gasteiger partial charge is 0.407 e. The van der Waals surface area contributed by atoms with Crippen molar-refractivity contribution in [2.75, 3.05) is 13.2 Å². The minimum atomic E-state index is -1.06. The number of aliphatic carboxylic acids is 1.